The molecule has 0 spiro atoms. The number of benzene rings is 2. The first-order valence-corrected chi connectivity index (χ1v) is 13.4. The summed E-state index contributed by atoms with van der Waals surface area (Å²) in [6, 6.07) is 8.22. The van der Waals surface area contributed by atoms with Gasteiger partial charge in [-0.1, -0.05) is 20.8 Å². The van der Waals surface area contributed by atoms with Crippen LogP contribution >= 0.6 is 0 Å². The molecule has 0 aromatic heterocycles. The Hall–Kier alpha value is -4.13. The Morgan fingerprint density at radius 2 is 1.71 bits per heavy atom. The van der Waals surface area contributed by atoms with Crippen molar-refractivity contribution in [1.82, 2.24) is 5.32 Å². The first-order valence-electron chi connectivity index (χ1n) is 11.5. The van der Waals surface area contributed by atoms with Crippen LogP contribution in [-0.4, -0.2) is 59.4 Å². The van der Waals surface area contributed by atoms with E-state index < -0.39 is 33.5 Å². The van der Waals surface area contributed by atoms with Crippen LogP contribution in [0, 0.1) is 0 Å². The largest absolute Gasteiger partial charge is 0.496 e. The van der Waals surface area contributed by atoms with E-state index in [0.29, 0.717) is 27.0 Å². The number of nitrogens with zero attached hydrogens (tertiary/aromatic N) is 2. The van der Waals surface area contributed by atoms with Crippen molar-refractivity contribution in [2.24, 2.45) is 0 Å². The van der Waals surface area contributed by atoms with Gasteiger partial charge in [0.05, 0.1) is 31.7 Å². The summed E-state index contributed by atoms with van der Waals surface area (Å²) >= 11 is 0. The molecule has 204 valence electrons. The molecule has 1 heterocycles. The third kappa shape index (κ3) is 6.05. The van der Waals surface area contributed by atoms with Gasteiger partial charge in [0.1, 0.15) is 5.75 Å². The number of sulfonamides is 1. The van der Waals surface area contributed by atoms with E-state index in [-0.39, 0.29) is 30.1 Å². The number of nitrogens with one attached hydrogen (secondary N) is 2. The van der Waals surface area contributed by atoms with E-state index in [1.165, 1.54) is 42.3 Å². The summed E-state index contributed by atoms with van der Waals surface area (Å²) in [7, 11) is -1.46. The van der Waals surface area contributed by atoms with Gasteiger partial charge in [-0.25, -0.2) is 18.0 Å². The van der Waals surface area contributed by atoms with Crippen molar-refractivity contribution in [3.05, 3.63) is 47.5 Å². The number of carbonyl (C=O) groups is 4. The molecule has 13 heteroatoms. The summed E-state index contributed by atoms with van der Waals surface area (Å²) in [6.07, 6.45) is -0.0967. The molecule has 0 aliphatic carbocycles. The van der Waals surface area contributed by atoms with Crippen molar-refractivity contribution in [3.63, 3.8) is 0 Å². The van der Waals surface area contributed by atoms with Crippen LogP contribution in [0.25, 0.3) is 0 Å². The fourth-order valence-electron chi connectivity index (χ4n) is 3.92. The average Bonchev–Trinajstić information content (AvgIpc) is 2.82. The van der Waals surface area contributed by atoms with E-state index in [1.807, 2.05) is 20.8 Å². The Kier molecular flexibility index (Phi) is 8.01. The summed E-state index contributed by atoms with van der Waals surface area (Å²) in [5.41, 5.74) is 1.10. The molecule has 1 fully saturated rings. The van der Waals surface area contributed by atoms with Crippen molar-refractivity contribution in [2.75, 3.05) is 41.5 Å². The highest BCUT2D eigenvalue weighted by Gasteiger charge is 2.31. The number of hydrogen-bond donors (Lipinski definition) is 2. The normalized spacial score (nSPS) is 14.0. The summed E-state index contributed by atoms with van der Waals surface area (Å²) in [5.74, 6) is -0.611. The average molecular weight is 547 g/mol. The smallest absolute Gasteiger partial charge is 0.428 e. The Labute approximate surface area is 220 Å². The lowest BCUT2D eigenvalue weighted by Gasteiger charge is -2.30. The lowest BCUT2D eigenvalue weighted by Crippen LogP contribution is -2.49. The Morgan fingerprint density at radius 3 is 2.21 bits per heavy atom. The van der Waals surface area contributed by atoms with Crippen molar-refractivity contribution < 1.29 is 37.1 Å². The van der Waals surface area contributed by atoms with Gasteiger partial charge in [-0.2, -0.15) is 4.31 Å². The van der Waals surface area contributed by atoms with Gasteiger partial charge in [0.2, 0.25) is 15.9 Å². The highest BCUT2D eigenvalue weighted by Crippen LogP contribution is 2.38. The second-order valence-electron chi connectivity index (χ2n) is 9.58. The third-order valence-electron chi connectivity index (χ3n) is 5.73. The minimum absolute atomic E-state index is 0.0256. The fourth-order valence-corrected chi connectivity index (χ4v) is 4.77. The van der Waals surface area contributed by atoms with Crippen LogP contribution in [0.15, 0.2) is 36.4 Å². The summed E-state index contributed by atoms with van der Waals surface area (Å²) < 4.78 is 34.8. The summed E-state index contributed by atoms with van der Waals surface area (Å²) in [5, 5.41) is 5.01. The van der Waals surface area contributed by atoms with Crippen LogP contribution in [0.5, 0.6) is 5.75 Å². The first-order chi connectivity index (χ1) is 17.7. The number of anilines is 3. The Bertz CT molecular complexity index is 1380. The maximum absolute atomic E-state index is 13.4. The maximum Gasteiger partial charge on any atom is 0.428 e. The predicted octanol–water partition coefficient (Wildman–Crippen LogP) is 3.22. The molecular weight excluding hydrogens is 516 g/mol. The van der Waals surface area contributed by atoms with E-state index in [1.54, 1.807) is 6.07 Å². The molecule has 2 aromatic rings. The zero-order chi connectivity index (χ0) is 28.4. The molecule has 2 aromatic carbocycles. The summed E-state index contributed by atoms with van der Waals surface area (Å²) in [4.78, 5) is 50.9. The van der Waals surface area contributed by atoms with Crippen molar-refractivity contribution in [2.45, 2.75) is 32.6 Å². The molecule has 0 atom stereocenters. The molecule has 0 unspecified atom stereocenters. The third-order valence-corrected chi connectivity index (χ3v) is 6.75. The lowest BCUT2D eigenvalue weighted by molar-refractivity contribution is -0.120. The number of ether oxygens (including phenoxy) is 2. The fraction of sp³-hybridized carbons (Fsp3) is 0.360. The zero-order valence-corrected chi connectivity index (χ0v) is 22.8. The van der Waals surface area contributed by atoms with Crippen LogP contribution in [0.3, 0.4) is 0 Å². The molecule has 5 amide bonds. The minimum Gasteiger partial charge on any atom is -0.496 e. The van der Waals surface area contributed by atoms with E-state index in [2.05, 4.69) is 15.4 Å². The zero-order valence-electron chi connectivity index (χ0n) is 21.9. The number of rotatable bonds is 6. The molecule has 0 radical (unpaired) electrons. The quantitative estimate of drug-likeness (QED) is 0.560. The van der Waals surface area contributed by atoms with Crippen LogP contribution in [0.1, 0.15) is 43.1 Å². The van der Waals surface area contributed by atoms with Gasteiger partial charge in [0.15, 0.2) is 0 Å². The van der Waals surface area contributed by atoms with Gasteiger partial charge >= 0.3 is 12.1 Å². The van der Waals surface area contributed by atoms with Gasteiger partial charge in [0.25, 0.3) is 5.91 Å². The van der Waals surface area contributed by atoms with E-state index in [9.17, 15) is 27.6 Å². The molecule has 3 rings (SSSR count). The maximum atomic E-state index is 13.4. The Balaban J connectivity index is 2.00. The van der Waals surface area contributed by atoms with Gasteiger partial charge < -0.3 is 14.8 Å². The number of imide groups is 1. The first kappa shape index (κ1) is 28.4. The topological polar surface area (TPSA) is 151 Å². The number of urea groups is 1. The number of amides is 5. The van der Waals surface area contributed by atoms with Gasteiger partial charge in [-0.05, 0) is 41.8 Å². The minimum atomic E-state index is -3.96. The van der Waals surface area contributed by atoms with E-state index >= 15 is 0 Å². The molecule has 0 bridgehead atoms. The van der Waals surface area contributed by atoms with Crippen molar-refractivity contribution in [3.8, 4) is 5.75 Å². The molecule has 1 aliphatic rings. The van der Waals surface area contributed by atoms with Crippen LogP contribution < -0.4 is 24.6 Å². The predicted molar refractivity (Wildman–Crippen MR) is 141 cm³/mol. The molecular formula is C25H30N4O8S. The van der Waals surface area contributed by atoms with E-state index in [4.69, 9.17) is 4.74 Å². The van der Waals surface area contributed by atoms with E-state index in [0.717, 1.165) is 13.4 Å². The molecule has 2 N–H and O–H groups in total. The van der Waals surface area contributed by atoms with Gasteiger partial charge in [-0.3, -0.25) is 19.8 Å². The summed E-state index contributed by atoms with van der Waals surface area (Å²) in [6.45, 7) is 5.96. The monoisotopic (exact) mass is 546 g/mol. The number of carbonyl (C=O) groups excluding carboxylic acids is 4. The van der Waals surface area contributed by atoms with Crippen molar-refractivity contribution in [1.29, 1.82) is 0 Å². The molecule has 38 heavy (non-hydrogen) atoms. The van der Waals surface area contributed by atoms with Crippen LogP contribution in [0.4, 0.5) is 26.7 Å². The number of hydrogen-bond acceptors (Lipinski definition) is 8. The van der Waals surface area contributed by atoms with Crippen molar-refractivity contribution >= 4 is 51.0 Å². The molecule has 1 saturated heterocycles. The molecule has 0 saturated carbocycles. The highest BCUT2D eigenvalue weighted by atomic mass is 32.2. The van der Waals surface area contributed by atoms with Gasteiger partial charge in [0, 0.05) is 29.9 Å². The standard InChI is InChI=1S/C25H30N4O8S/c1-25(2,3)19-14-17(28-12-11-20(30)27-23(28)32)13-18(21(19)36-4)22(31)26-15-7-9-16(10-8-15)29(24(33)37-5)38(6,34)35/h7-10,13-14H,11-12H2,1-6H3,(H,26,31)(H,27,30,32). The molecule has 1 aliphatic heterocycles. The Morgan fingerprint density at radius 1 is 1.08 bits per heavy atom. The highest BCUT2D eigenvalue weighted by molar-refractivity contribution is 7.92. The van der Waals surface area contributed by atoms with Gasteiger partial charge in [-0.15, -0.1) is 0 Å². The SMILES string of the molecule is COC(=O)N(c1ccc(NC(=O)c2cc(N3CCC(=O)NC3=O)cc(C(C)(C)C)c2OC)cc1)S(C)(=O)=O. The second kappa shape index (κ2) is 10.7. The number of methoxy groups -OCH3 is 2. The lowest BCUT2D eigenvalue weighted by atomic mass is 9.84. The van der Waals surface area contributed by atoms with Crippen LogP contribution in [-0.2, 0) is 25.0 Å². The van der Waals surface area contributed by atoms with Crippen LogP contribution in [0.2, 0.25) is 0 Å². The molecule has 12 nitrogen and oxygen atoms in total. The second-order valence-corrected chi connectivity index (χ2v) is 11.4.